The van der Waals surface area contributed by atoms with E-state index in [0.29, 0.717) is 11.4 Å². The van der Waals surface area contributed by atoms with Crippen molar-refractivity contribution in [3.63, 3.8) is 0 Å². The van der Waals surface area contributed by atoms with Crippen molar-refractivity contribution in [1.82, 2.24) is 9.88 Å². The van der Waals surface area contributed by atoms with Crippen molar-refractivity contribution in [2.45, 2.75) is 13.3 Å². The first kappa shape index (κ1) is 15.8. The summed E-state index contributed by atoms with van der Waals surface area (Å²) < 4.78 is 0. The van der Waals surface area contributed by atoms with Crippen LogP contribution >= 0.6 is 11.6 Å². The van der Waals surface area contributed by atoms with Crippen LogP contribution in [0.15, 0.2) is 42.7 Å². The first-order valence-corrected chi connectivity index (χ1v) is 8.19. The molecule has 0 spiro atoms. The van der Waals surface area contributed by atoms with Crippen molar-refractivity contribution in [3.8, 4) is 0 Å². The number of piperazine rings is 1. The quantitative estimate of drug-likeness (QED) is 0.868. The van der Waals surface area contributed by atoms with Gasteiger partial charge in [0.2, 0.25) is 5.91 Å². The van der Waals surface area contributed by atoms with Gasteiger partial charge >= 0.3 is 0 Å². The predicted octanol–water partition coefficient (Wildman–Crippen LogP) is 2.93. The molecule has 120 valence electrons. The molecule has 0 N–H and O–H groups in total. The average molecular weight is 330 g/mol. The Morgan fingerprint density at radius 1 is 1.17 bits per heavy atom. The third-order valence-corrected chi connectivity index (χ3v) is 4.62. The maximum atomic E-state index is 12.5. The number of hydrogen-bond donors (Lipinski definition) is 0. The molecule has 1 aromatic heterocycles. The molecule has 0 atom stereocenters. The van der Waals surface area contributed by atoms with Crippen LogP contribution in [0.2, 0.25) is 5.02 Å². The molecule has 1 saturated heterocycles. The van der Waals surface area contributed by atoms with Gasteiger partial charge in [0, 0.05) is 38.6 Å². The number of hydrogen-bond acceptors (Lipinski definition) is 3. The number of amides is 1. The minimum atomic E-state index is 0.194. The summed E-state index contributed by atoms with van der Waals surface area (Å²) in [5, 5.41) is 0.659. The smallest absolute Gasteiger partial charge is 0.227 e. The maximum Gasteiger partial charge on any atom is 0.227 e. The lowest BCUT2D eigenvalue weighted by Gasteiger charge is -2.36. The number of halogens is 1. The molecule has 5 heteroatoms. The van der Waals surface area contributed by atoms with Gasteiger partial charge in [-0.05, 0) is 24.1 Å². The number of pyridine rings is 1. The molecule has 1 aliphatic rings. The number of nitrogens with zero attached hydrogens (tertiary/aromatic N) is 3. The van der Waals surface area contributed by atoms with Crippen molar-refractivity contribution in [2.75, 3.05) is 31.1 Å². The molecule has 0 saturated carbocycles. The van der Waals surface area contributed by atoms with Gasteiger partial charge in [-0.2, -0.15) is 0 Å². The Bertz CT molecular complexity index is 696. The molecule has 0 bridgehead atoms. The third-order valence-electron chi connectivity index (χ3n) is 4.33. The van der Waals surface area contributed by atoms with Gasteiger partial charge in [0.25, 0.3) is 0 Å². The van der Waals surface area contributed by atoms with Crippen LogP contribution in [0.3, 0.4) is 0 Å². The molecule has 2 aromatic rings. The third kappa shape index (κ3) is 3.64. The van der Waals surface area contributed by atoms with Crippen molar-refractivity contribution >= 4 is 23.2 Å². The molecule has 2 heterocycles. The van der Waals surface area contributed by atoms with E-state index in [1.807, 2.05) is 42.2 Å². The Morgan fingerprint density at radius 2 is 1.91 bits per heavy atom. The SMILES string of the molecule is Cc1ccccc1CC(=O)N1CCN(c2ccncc2Cl)CC1. The maximum absolute atomic E-state index is 12.5. The topological polar surface area (TPSA) is 36.4 Å². The summed E-state index contributed by atoms with van der Waals surface area (Å²) in [6.45, 7) is 5.09. The Labute approximate surface area is 141 Å². The normalized spacial score (nSPS) is 14.9. The number of carbonyl (C=O) groups is 1. The van der Waals surface area contributed by atoms with Gasteiger partial charge in [-0.1, -0.05) is 35.9 Å². The fourth-order valence-electron chi connectivity index (χ4n) is 2.90. The molecule has 1 amide bonds. The van der Waals surface area contributed by atoms with E-state index in [2.05, 4.69) is 9.88 Å². The summed E-state index contributed by atoms with van der Waals surface area (Å²) in [7, 11) is 0. The minimum absolute atomic E-state index is 0.194. The van der Waals surface area contributed by atoms with E-state index in [-0.39, 0.29) is 5.91 Å². The monoisotopic (exact) mass is 329 g/mol. The zero-order valence-electron chi connectivity index (χ0n) is 13.2. The van der Waals surface area contributed by atoms with E-state index < -0.39 is 0 Å². The van der Waals surface area contributed by atoms with Gasteiger partial charge < -0.3 is 9.80 Å². The predicted molar refractivity (Wildman–Crippen MR) is 92.9 cm³/mol. The van der Waals surface area contributed by atoms with Gasteiger partial charge in [0.15, 0.2) is 0 Å². The number of aryl methyl sites for hydroxylation is 1. The van der Waals surface area contributed by atoms with Crippen molar-refractivity contribution in [2.24, 2.45) is 0 Å². The molecule has 4 nitrogen and oxygen atoms in total. The molecule has 1 aromatic carbocycles. The van der Waals surface area contributed by atoms with Crippen LogP contribution in [0.1, 0.15) is 11.1 Å². The summed E-state index contributed by atoms with van der Waals surface area (Å²) in [5.41, 5.74) is 3.27. The van der Waals surface area contributed by atoms with Crippen LogP contribution in [0.4, 0.5) is 5.69 Å². The zero-order chi connectivity index (χ0) is 16.2. The zero-order valence-corrected chi connectivity index (χ0v) is 14.0. The van der Waals surface area contributed by atoms with E-state index in [9.17, 15) is 4.79 Å². The van der Waals surface area contributed by atoms with Gasteiger partial charge in [-0.3, -0.25) is 9.78 Å². The second kappa shape index (κ2) is 7.01. The van der Waals surface area contributed by atoms with Crippen molar-refractivity contribution in [1.29, 1.82) is 0 Å². The lowest BCUT2D eigenvalue weighted by Crippen LogP contribution is -2.49. The minimum Gasteiger partial charge on any atom is -0.367 e. The largest absolute Gasteiger partial charge is 0.367 e. The standard InChI is InChI=1S/C18H20ClN3O/c1-14-4-2-3-5-15(14)12-18(23)22-10-8-21(9-11-22)17-6-7-20-13-16(17)19/h2-7,13H,8-12H2,1H3. The number of carbonyl (C=O) groups excluding carboxylic acids is 1. The van der Waals surface area contributed by atoms with E-state index >= 15 is 0 Å². The van der Waals surface area contributed by atoms with Crippen LogP contribution < -0.4 is 4.90 Å². The molecule has 0 unspecified atom stereocenters. The number of rotatable bonds is 3. The van der Waals surface area contributed by atoms with E-state index in [4.69, 9.17) is 11.6 Å². The highest BCUT2D eigenvalue weighted by Gasteiger charge is 2.22. The van der Waals surface area contributed by atoms with E-state index in [1.165, 1.54) is 5.56 Å². The lowest BCUT2D eigenvalue weighted by molar-refractivity contribution is -0.130. The molecule has 0 aliphatic carbocycles. The fourth-order valence-corrected chi connectivity index (χ4v) is 3.14. The Balaban J connectivity index is 1.60. The second-order valence-electron chi connectivity index (χ2n) is 5.80. The second-order valence-corrected chi connectivity index (χ2v) is 6.21. The molecular formula is C18H20ClN3O. The van der Waals surface area contributed by atoms with Gasteiger partial charge in [0.05, 0.1) is 17.1 Å². The Hall–Kier alpha value is -2.07. The summed E-state index contributed by atoms with van der Waals surface area (Å²) in [6, 6.07) is 9.99. The highest BCUT2D eigenvalue weighted by Crippen LogP contribution is 2.25. The first-order chi connectivity index (χ1) is 11.1. The van der Waals surface area contributed by atoms with Crippen LogP contribution in [-0.4, -0.2) is 42.0 Å². The molecule has 0 radical (unpaired) electrons. The van der Waals surface area contributed by atoms with Gasteiger partial charge in [-0.25, -0.2) is 0 Å². The van der Waals surface area contributed by atoms with E-state index in [1.54, 1.807) is 12.4 Å². The molecule has 1 fully saturated rings. The molecule has 23 heavy (non-hydrogen) atoms. The summed E-state index contributed by atoms with van der Waals surface area (Å²) >= 11 is 6.20. The Kier molecular flexibility index (Phi) is 4.82. The number of aromatic nitrogens is 1. The lowest BCUT2D eigenvalue weighted by atomic mass is 10.1. The van der Waals surface area contributed by atoms with Crippen LogP contribution in [0.25, 0.3) is 0 Å². The van der Waals surface area contributed by atoms with E-state index in [0.717, 1.165) is 37.4 Å². The van der Waals surface area contributed by atoms with Crippen LogP contribution in [-0.2, 0) is 11.2 Å². The number of benzene rings is 1. The van der Waals surface area contributed by atoms with Gasteiger partial charge in [-0.15, -0.1) is 0 Å². The van der Waals surface area contributed by atoms with Crippen molar-refractivity contribution in [3.05, 3.63) is 58.9 Å². The average Bonchev–Trinajstić information content (AvgIpc) is 2.57. The molecule has 3 rings (SSSR count). The highest BCUT2D eigenvalue weighted by atomic mass is 35.5. The Morgan fingerprint density at radius 3 is 2.61 bits per heavy atom. The van der Waals surface area contributed by atoms with Crippen LogP contribution in [0.5, 0.6) is 0 Å². The fraction of sp³-hybridized carbons (Fsp3) is 0.333. The summed E-state index contributed by atoms with van der Waals surface area (Å²) in [4.78, 5) is 20.7. The van der Waals surface area contributed by atoms with Crippen molar-refractivity contribution < 1.29 is 4.79 Å². The first-order valence-electron chi connectivity index (χ1n) is 7.82. The summed E-state index contributed by atoms with van der Waals surface area (Å²) in [5.74, 6) is 0.194. The van der Waals surface area contributed by atoms with Crippen LogP contribution in [0, 0.1) is 6.92 Å². The highest BCUT2D eigenvalue weighted by molar-refractivity contribution is 6.33. The summed E-state index contributed by atoms with van der Waals surface area (Å²) in [6.07, 6.45) is 3.88. The molecule has 1 aliphatic heterocycles. The molecular weight excluding hydrogens is 310 g/mol. The van der Waals surface area contributed by atoms with Gasteiger partial charge in [0.1, 0.15) is 0 Å². The number of anilines is 1.